The molecule has 1 heterocycles. The quantitative estimate of drug-likeness (QED) is 0.641. The molecule has 0 aliphatic rings. The average molecular weight is 259 g/mol. The summed E-state index contributed by atoms with van der Waals surface area (Å²) >= 11 is 0. The number of nitrogens with one attached hydrogen (secondary N) is 2. The first-order chi connectivity index (χ1) is 9.33. The highest BCUT2D eigenvalue weighted by atomic mass is 16.3. The van der Waals surface area contributed by atoms with Gasteiger partial charge in [-0.3, -0.25) is 4.99 Å². The molecule has 2 rings (SSSR count). The zero-order chi connectivity index (χ0) is 13.5. The molecule has 19 heavy (non-hydrogen) atoms. The van der Waals surface area contributed by atoms with E-state index in [1.165, 1.54) is 0 Å². The molecule has 0 aliphatic carbocycles. The molecule has 102 valence electrons. The molecule has 0 saturated heterocycles. The first-order valence-corrected chi connectivity index (χ1v) is 6.75. The summed E-state index contributed by atoms with van der Waals surface area (Å²) in [5, 5.41) is 7.67. The molecule has 1 aromatic carbocycles. The number of hydrogen-bond donors (Lipinski definition) is 2. The molecular weight excluding hydrogens is 238 g/mol. The van der Waals surface area contributed by atoms with Gasteiger partial charge in [-0.1, -0.05) is 25.1 Å². The van der Waals surface area contributed by atoms with Crippen molar-refractivity contribution in [2.45, 2.75) is 19.8 Å². The van der Waals surface area contributed by atoms with Crippen molar-refractivity contribution in [3.05, 3.63) is 36.1 Å². The van der Waals surface area contributed by atoms with Gasteiger partial charge in [-0.05, 0) is 18.6 Å². The van der Waals surface area contributed by atoms with E-state index in [1.807, 2.05) is 18.2 Å². The van der Waals surface area contributed by atoms with Crippen molar-refractivity contribution >= 4 is 16.9 Å². The molecular formula is C15H21N3O. The summed E-state index contributed by atoms with van der Waals surface area (Å²) in [6.07, 6.45) is 1.94. The number of furan rings is 1. The Morgan fingerprint density at radius 2 is 2.00 bits per heavy atom. The fraction of sp³-hybridized carbons (Fsp3) is 0.400. The molecule has 0 fully saturated rings. The maximum Gasteiger partial charge on any atom is 0.190 e. The standard InChI is InChI=1S/C15H21N3O/c1-3-9-17-15(16-2)18-10-8-13-11-12-6-4-5-7-14(12)19-13/h4-7,11H,3,8-10H2,1-2H3,(H2,16,17,18). The Bertz CT molecular complexity index is 512. The number of guanidine groups is 1. The Morgan fingerprint density at radius 3 is 2.74 bits per heavy atom. The van der Waals surface area contributed by atoms with Gasteiger partial charge in [0.25, 0.3) is 0 Å². The zero-order valence-electron chi connectivity index (χ0n) is 11.6. The molecule has 4 nitrogen and oxygen atoms in total. The second-order valence-electron chi connectivity index (χ2n) is 4.43. The van der Waals surface area contributed by atoms with Gasteiger partial charge in [0.2, 0.25) is 0 Å². The number of rotatable bonds is 5. The van der Waals surface area contributed by atoms with Gasteiger partial charge in [0, 0.05) is 31.9 Å². The maximum absolute atomic E-state index is 5.76. The molecule has 0 amide bonds. The molecule has 0 spiro atoms. The lowest BCUT2D eigenvalue weighted by molar-refractivity contribution is 0.544. The minimum Gasteiger partial charge on any atom is -0.461 e. The molecule has 1 aromatic heterocycles. The van der Waals surface area contributed by atoms with Crippen LogP contribution < -0.4 is 10.6 Å². The highest BCUT2D eigenvalue weighted by molar-refractivity contribution is 5.79. The molecule has 0 bridgehead atoms. The van der Waals surface area contributed by atoms with Gasteiger partial charge in [-0.15, -0.1) is 0 Å². The van der Waals surface area contributed by atoms with Crippen molar-refractivity contribution < 1.29 is 4.42 Å². The second-order valence-corrected chi connectivity index (χ2v) is 4.43. The van der Waals surface area contributed by atoms with Crippen LogP contribution in [0.4, 0.5) is 0 Å². The third-order valence-electron chi connectivity index (χ3n) is 2.91. The number of para-hydroxylation sites is 1. The molecule has 0 unspecified atom stereocenters. The zero-order valence-corrected chi connectivity index (χ0v) is 11.6. The highest BCUT2D eigenvalue weighted by Gasteiger charge is 2.03. The Balaban J connectivity index is 1.85. The van der Waals surface area contributed by atoms with E-state index >= 15 is 0 Å². The van der Waals surface area contributed by atoms with Gasteiger partial charge in [-0.2, -0.15) is 0 Å². The van der Waals surface area contributed by atoms with Crippen LogP contribution in [0.3, 0.4) is 0 Å². The topological polar surface area (TPSA) is 49.6 Å². The van der Waals surface area contributed by atoms with Gasteiger partial charge in [0.05, 0.1) is 0 Å². The largest absolute Gasteiger partial charge is 0.461 e. The van der Waals surface area contributed by atoms with Crippen molar-refractivity contribution in [2.75, 3.05) is 20.1 Å². The van der Waals surface area contributed by atoms with Crippen LogP contribution in [0.2, 0.25) is 0 Å². The summed E-state index contributed by atoms with van der Waals surface area (Å²) in [6, 6.07) is 10.2. The van der Waals surface area contributed by atoms with Crippen molar-refractivity contribution in [3.8, 4) is 0 Å². The van der Waals surface area contributed by atoms with E-state index in [4.69, 9.17) is 4.42 Å². The smallest absolute Gasteiger partial charge is 0.190 e. The summed E-state index contributed by atoms with van der Waals surface area (Å²) in [5.74, 6) is 1.85. The van der Waals surface area contributed by atoms with Crippen LogP contribution in [0, 0.1) is 0 Å². The van der Waals surface area contributed by atoms with Crippen LogP contribution in [0.25, 0.3) is 11.0 Å². The van der Waals surface area contributed by atoms with E-state index in [0.717, 1.165) is 48.6 Å². The monoisotopic (exact) mass is 259 g/mol. The Hall–Kier alpha value is -1.97. The van der Waals surface area contributed by atoms with E-state index in [1.54, 1.807) is 7.05 Å². The van der Waals surface area contributed by atoms with Crippen LogP contribution >= 0.6 is 0 Å². The minimum absolute atomic E-state index is 0.809. The van der Waals surface area contributed by atoms with Crippen molar-refractivity contribution in [3.63, 3.8) is 0 Å². The lowest BCUT2D eigenvalue weighted by Crippen LogP contribution is -2.38. The average Bonchev–Trinajstić information content (AvgIpc) is 2.85. The van der Waals surface area contributed by atoms with E-state index in [9.17, 15) is 0 Å². The van der Waals surface area contributed by atoms with Gasteiger partial charge < -0.3 is 15.1 Å². The van der Waals surface area contributed by atoms with Crippen molar-refractivity contribution in [1.82, 2.24) is 10.6 Å². The third kappa shape index (κ3) is 3.74. The van der Waals surface area contributed by atoms with Gasteiger partial charge in [0.1, 0.15) is 11.3 Å². The Morgan fingerprint density at radius 1 is 1.21 bits per heavy atom. The van der Waals surface area contributed by atoms with E-state index < -0.39 is 0 Å². The number of nitrogens with zero attached hydrogens (tertiary/aromatic N) is 1. The normalized spacial score (nSPS) is 11.8. The van der Waals surface area contributed by atoms with Gasteiger partial charge in [0.15, 0.2) is 5.96 Å². The summed E-state index contributed by atoms with van der Waals surface area (Å²) < 4.78 is 5.76. The lowest BCUT2D eigenvalue weighted by atomic mass is 10.2. The summed E-state index contributed by atoms with van der Waals surface area (Å²) in [6.45, 7) is 3.88. The minimum atomic E-state index is 0.809. The van der Waals surface area contributed by atoms with E-state index in [2.05, 4.69) is 34.7 Å². The van der Waals surface area contributed by atoms with Crippen LogP contribution in [0.15, 0.2) is 39.7 Å². The number of aliphatic imine (C=N–C) groups is 1. The molecule has 0 aliphatic heterocycles. The summed E-state index contributed by atoms with van der Waals surface area (Å²) in [5.41, 5.74) is 0.950. The van der Waals surface area contributed by atoms with Crippen molar-refractivity contribution in [1.29, 1.82) is 0 Å². The van der Waals surface area contributed by atoms with Crippen molar-refractivity contribution in [2.24, 2.45) is 4.99 Å². The van der Waals surface area contributed by atoms with Crippen LogP contribution in [-0.2, 0) is 6.42 Å². The fourth-order valence-corrected chi connectivity index (χ4v) is 1.93. The molecule has 0 atom stereocenters. The predicted molar refractivity (Wildman–Crippen MR) is 79.6 cm³/mol. The third-order valence-corrected chi connectivity index (χ3v) is 2.91. The summed E-state index contributed by atoms with van der Waals surface area (Å²) in [7, 11) is 1.78. The van der Waals surface area contributed by atoms with Crippen LogP contribution in [0.5, 0.6) is 0 Å². The Kier molecular flexibility index (Phi) is 4.84. The van der Waals surface area contributed by atoms with Crippen LogP contribution in [-0.4, -0.2) is 26.1 Å². The number of fused-ring (bicyclic) bond motifs is 1. The SMILES string of the molecule is CCCNC(=NC)NCCc1cc2ccccc2o1. The number of benzene rings is 1. The Labute approximate surface area is 113 Å². The molecule has 2 N–H and O–H groups in total. The van der Waals surface area contributed by atoms with Gasteiger partial charge >= 0.3 is 0 Å². The first kappa shape index (κ1) is 13.5. The fourth-order valence-electron chi connectivity index (χ4n) is 1.93. The maximum atomic E-state index is 5.76. The second kappa shape index (κ2) is 6.83. The molecule has 0 radical (unpaired) electrons. The number of hydrogen-bond acceptors (Lipinski definition) is 2. The van der Waals surface area contributed by atoms with Crippen LogP contribution in [0.1, 0.15) is 19.1 Å². The predicted octanol–water partition coefficient (Wildman–Crippen LogP) is 2.55. The summed E-state index contributed by atoms with van der Waals surface area (Å²) in [4.78, 5) is 4.16. The van der Waals surface area contributed by atoms with E-state index in [0.29, 0.717) is 0 Å². The van der Waals surface area contributed by atoms with E-state index in [-0.39, 0.29) is 0 Å². The molecule has 0 saturated carbocycles. The molecule has 2 aromatic rings. The highest BCUT2D eigenvalue weighted by Crippen LogP contribution is 2.18. The van der Waals surface area contributed by atoms with Gasteiger partial charge in [-0.25, -0.2) is 0 Å². The lowest BCUT2D eigenvalue weighted by Gasteiger charge is -2.09. The first-order valence-electron chi connectivity index (χ1n) is 6.75. The molecule has 4 heteroatoms.